The SMILES string of the molecule is Fc1cc(Cl)ccc1OCc1ncccc1Br. The molecule has 0 amide bonds. The first-order valence-corrected chi connectivity index (χ1v) is 6.01. The third kappa shape index (κ3) is 3.17. The van der Waals surface area contributed by atoms with Crippen molar-refractivity contribution in [3.05, 3.63) is 57.5 Å². The molecule has 0 bridgehead atoms. The second-order valence-corrected chi connectivity index (χ2v) is 4.59. The van der Waals surface area contributed by atoms with Crippen molar-refractivity contribution in [2.45, 2.75) is 6.61 Å². The quantitative estimate of drug-likeness (QED) is 0.846. The van der Waals surface area contributed by atoms with Crippen LogP contribution in [0.5, 0.6) is 5.75 Å². The van der Waals surface area contributed by atoms with Gasteiger partial charge in [0.2, 0.25) is 0 Å². The van der Waals surface area contributed by atoms with Crippen molar-refractivity contribution in [3.8, 4) is 5.75 Å². The fourth-order valence-corrected chi connectivity index (χ4v) is 1.79. The number of hydrogen-bond donors (Lipinski definition) is 0. The van der Waals surface area contributed by atoms with Gasteiger partial charge in [0.1, 0.15) is 6.61 Å². The normalized spacial score (nSPS) is 10.3. The molecule has 0 radical (unpaired) electrons. The Bertz CT molecular complexity index is 536. The van der Waals surface area contributed by atoms with E-state index in [4.69, 9.17) is 16.3 Å². The van der Waals surface area contributed by atoms with E-state index in [1.54, 1.807) is 18.3 Å². The molecule has 0 unspecified atom stereocenters. The van der Waals surface area contributed by atoms with Gasteiger partial charge < -0.3 is 4.74 Å². The molecule has 1 aromatic carbocycles. The molecule has 5 heteroatoms. The molecule has 0 aliphatic carbocycles. The van der Waals surface area contributed by atoms with E-state index in [2.05, 4.69) is 20.9 Å². The molecule has 2 aromatic rings. The Kier molecular flexibility index (Phi) is 3.97. The largest absolute Gasteiger partial charge is 0.484 e. The van der Waals surface area contributed by atoms with Crippen LogP contribution in [-0.2, 0) is 6.61 Å². The maximum atomic E-state index is 13.4. The predicted molar refractivity (Wildman–Crippen MR) is 67.7 cm³/mol. The Morgan fingerprint density at radius 1 is 1.35 bits per heavy atom. The van der Waals surface area contributed by atoms with Gasteiger partial charge in [-0.05, 0) is 46.3 Å². The lowest BCUT2D eigenvalue weighted by Gasteiger charge is -2.07. The van der Waals surface area contributed by atoms with Crippen molar-refractivity contribution in [3.63, 3.8) is 0 Å². The second kappa shape index (κ2) is 5.47. The molecule has 1 aromatic heterocycles. The van der Waals surface area contributed by atoms with E-state index in [0.717, 1.165) is 4.47 Å². The third-order valence-corrected chi connectivity index (χ3v) is 3.05. The molecule has 2 nitrogen and oxygen atoms in total. The molecular weight excluding hydrogens is 308 g/mol. The number of aromatic nitrogens is 1. The van der Waals surface area contributed by atoms with Gasteiger partial charge in [-0.1, -0.05) is 11.6 Å². The number of ether oxygens (including phenoxy) is 1. The Morgan fingerprint density at radius 2 is 2.18 bits per heavy atom. The lowest BCUT2D eigenvalue weighted by molar-refractivity contribution is 0.285. The van der Waals surface area contributed by atoms with Gasteiger partial charge in [0.15, 0.2) is 11.6 Å². The smallest absolute Gasteiger partial charge is 0.166 e. The van der Waals surface area contributed by atoms with Crippen molar-refractivity contribution in [1.82, 2.24) is 4.98 Å². The van der Waals surface area contributed by atoms with Gasteiger partial charge in [0.05, 0.1) is 5.69 Å². The predicted octanol–water partition coefficient (Wildman–Crippen LogP) is 4.22. The van der Waals surface area contributed by atoms with Crippen LogP contribution in [0.2, 0.25) is 5.02 Å². The van der Waals surface area contributed by atoms with E-state index in [0.29, 0.717) is 10.7 Å². The summed E-state index contributed by atoms with van der Waals surface area (Å²) in [7, 11) is 0. The number of pyridine rings is 1. The molecule has 0 spiro atoms. The summed E-state index contributed by atoms with van der Waals surface area (Å²) in [5.41, 5.74) is 0.710. The average molecular weight is 317 g/mol. The van der Waals surface area contributed by atoms with Crippen molar-refractivity contribution >= 4 is 27.5 Å². The van der Waals surface area contributed by atoms with E-state index in [1.165, 1.54) is 12.1 Å². The van der Waals surface area contributed by atoms with Gasteiger partial charge in [0, 0.05) is 15.7 Å². The molecule has 2 rings (SSSR count). The van der Waals surface area contributed by atoms with Crippen LogP contribution in [-0.4, -0.2) is 4.98 Å². The minimum atomic E-state index is -0.482. The van der Waals surface area contributed by atoms with Crippen LogP contribution in [0.25, 0.3) is 0 Å². The van der Waals surface area contributed by atoms with E-state index in [9.17, 15) is 4.39 Å². The molecule has 0 saturated heterocycles. The van der Waals surface area contributed by atoms with Crippen LogP contribution in [0.1, 0.15) is 5.69 Å². The second-order valence-electron chi connectivity index (χ2n) is 3.30. The Balaban J connectivity index is 2.10. The topological polar surface area (TPSA) is 22.1 Å². The third-order valence-electron chi connectivity index (χ3n) is 2.09. The molecule has 1 heterocycles. The summed E-state index contributed by atoms with van der Waals surface area (Å²) >= 11 is 8.99. The number of hydrogen-bond acceptors (Lipinski definition) is 2. The van der Waals surface area contributed by atoms with Crippen molar-refractivity contribution in [2.75, 3.05) is 0 Å². The molecule has 0 aliphatic rings. The lowest BCUT2D eigenvalue weighted by atomic mass is 10.3. The van der Waals surface area contributed by atoms with Crippen LogP contribution in [0.15, 0.2) is 41.0 Å². The van der Waals surface area contributed by atoms with Crippen LogP contribution in [0, 0.1) is 5.82 Å². The van der Waals surface area contributed by atoms with Crippen LogP contribution in [0.4, 0.5) is 4.39 Å². The van der Waals surface area contributed by atoms with Crippen molar-refractivity contribution < 1.29 is 9.13 Å². The lowest BCUT2D eigenvalue weighted by Crippen LogP contribution is -2.00. The first kappa shape index (κ1) is 12.3. The first-order chi connectivity index (χ1) is 8.16. The van der Waals surface area contributed by atoms with Gasteiger partial charge in [0.25, 0.3) is 0 Å². The molecular formula is C12H8BrClFNO. The maximum Gasteiger partial charge on any atom is 0.166 e. The molecule has 0 fully saturated rings. The highest BCUT2D eigenvalue weighted by Gasteiger charge is 2.06. The highest BCUT2D eigenvalue weighted by molar-refractivity contribution is 9.10. The summed E-state index contributed by atoms with van der Waals surface area (Å²) in [4.78, 5) is 4.12. The summed E-state index contributed by atoms with van der Waals surface area (Å²) in [6.45, 7) is 0.194. The molecule has 0 N–H and O–H groups in total. The Morgan fingerprint density at radius 3 is 2.88 bits per heavy atom. The maximum absolute atomic E-state index is 13.4. The van der Waals surface area contributed by atoms with Crippen LogP contribution in [0.3, 0.4) is 0 Å². The Hall–Kier alpha value is -1.13. The van der Waals surface area contributed by atoms with Gasteiger partial charge in [-0.2, -0.15) is 0 Å². The van der Waals surface area contributed by atoms with E-state index >= 15 is 0 Å². The minimum Gasteiger partial charge on any atom is -0.484 e. The fourth-order valence-electron chi connectivity index (χ4n) is 1.26. The summed E-state index contributed by atoms with van der Waals surface area (Å²) in [5, 5.41) is 0.342. The highest BCUT2D eigenvalue weighted by Crippen LogP contribution is 2.23. The average Bonchev–Trinajstić information content (AvgIpc) is 2.30. The van der Waals surface area contributed by atoms with E-state index in [1.807, 2.05) is 6.07 Å². The number of halogens is 3. The summed E-state index contributed by atoms with van der Waals surface area (Å²) in [6, 6.07) is 7.94. The zero-order valence-corrected chi connectivity index (χ0v) is 11.0. The monoisotopic (exact) mass is 315 g/mol. The van der Waals surface area contributed by atoms with Gasteiger partial charge in [-0.15, -0.1) is 0 Å². The fraction of sp³-hybridized carbons (Fsp3) is 0.0833. The highest BCUT2D eigenvalue weighted by atomic mass is 79.9. The van der Waals surface area contributed by atoms with Crippen molar-refractivity contribution in [1.29, 1.82) is 0 Å². The summed E-state index contributed by atoms with van der Waals surface area (Å²) < 4.78 is 19.6. The van der Waals surface area contributed by atoms with E-state index in [-0.39, 0.29) is 12.4 Å². The van der Waals surface area contributed by atoms with Gasteiger partial charge >= 0.3 is 0 Å². The number of nitrogens with zero attached hydrogens (tertiary/aromatic N) is 1. The zero-order valence-electron chi connectivity index (χ0n) is 8.66. The standard InChI is InChI=1S/C12H8BrClFNO/c13-9-2-1-5-16-11(9)7-17-12-4-3-8(14)6-10(12)15/h1-6H,7H2. The molecule has 17 heavy (non-hydrogen) atoms. The van der Waals surface area contributed by atoms with Crippen LogP contribution < -0.4 is 4.74 Å². The molecule has 0 atom stereocenters. The number of benzene rings is 1. The van der Waals surface area contributed by atoms with Crippen LogP contribution >= 0.6 is 27.5 Å². The number of rotatable bonds is 3. The molecule has 88 valence electrons. The summed E-state index contributed by atoms with van der Waals surface area (Å²) in [6.07, 6.45) is 1.65. The van der Waals surface area contributed by atoms with Crippen molar-refractivity contribution in [2.24, 2.45) is 0 Å². The molecule has 0 saturated carbocycles. The van der Waals surface area contributed by atoms with E-state index < -0.39 is 5.82 Å². The van der Waals surface area contributed by atoms with Gasteiger partial charge in [-0.25, -0.2) is 4.39 Å². The molecule has 0 aliphatic heterocycles. The van der Waals surface area contributed by atoms with Gasteiger partial charge in [-0.3, -0.25) is 4.98 Å². The Labute approximate surface area is 112 Å². The summed E-state index contributed by atoms with van der Waals surface area (Å²) in [5.74, 6) is -0.323. The zero-order chi connectivity index (χ0) is 12.3. The minimum absolute atomic E-state index is 0.159. The first-order valence-electron chi connectivity index (χ1n) is 4.84.